The van der Waals surface area contributed by atoms with Gasteiger partial charge in [-0.25, -0.2) is 0 Å². The van der Waals surface area contributed by atoms with Gasteiger partial charge >= 0.3 is 0 Å². The summed E-state index contributed by atoms with van der Waals surface area (Å²) in [6.45, 7) is -1.08. The minimum absolute atomic E-state index is 0.272. The van der Waals surface area contributed by atoms with E-state index in [0.29, 0.717) is 0 Å². The molecule has 7 N–H and O–H groups in total. The number of hydrogen-bond acceptors (Lipinski definition) is 10. The summed E-state index contributed by atoms with van der Waals surface area (Å²) in [5.41, 5.74) is -1.50. The molecule has 142 valence electrons. The molecule has 1 fully saturated rings. The second kappa shape index (κ2) is 6.91. The number of ether oxygens (including phenoxy) is 3. The van der Waals surface area contributed by atoms with Gasteiger partial charge in [0.15, 0.2) is 6.29 Å². The van der Waals surface area contributed by atoms with E-state index in [9.17, 15) is 35.7 Å². The molecular weight excluding hydrogens is 340 g/mol. The van der Waals surface area contributed by atoms with Crippen LogP contribution in [0.25, 0.3) is 0 Å². The lowest BCUT2D eigenvalue weighted by molar-refractivity contribution is -0.344. The maximum absolute atomic E-state index is 10.6. The van der Waals surface area contributed by atoms with E-state index in [0.717, 1.165) is 6.26 Å². The van der Waals surface area contributed by atoms with Gasteiger partial charge in [0.1, 0.15) is 36.1 Å². The summed E-state index contributed by atoms with van der Waals surface area (Å²) in [7, 11) is 0. The average Bonchev–Trinajstić information content (AvgIpc) is 2.87. The second-order valence-corrected chi connectivity index (χ2v) is 6.35. The Morgan fingerprint density at radius 3 is 2.40 bits per heavy atom. The van der Waals surface area contributed by atoms with Crippen LogP contribution in [-0.2, 0) is 14.2 Å². The van der Waals surface area contributed by atoms with Crippen LogP contribution >= 0.6 is 0 Å². The zero-order chi connectivity index (χ0) is 18.4. The van der Waals surface area contributed by atoms with Crippen molar-refractivity contribution in [1.82, 2.24) is 0 Å². The molecule has 10 nitrogen and oxygen atoms in total. The fourth-order valence-electron chi connectivity index (χ4n) is 3.39. The van der Waals surface area contributed by atoms with Gasteiger partial charge in [0.05, 0.1) is 25.4 Å². The summed E-state index contributed by atoms with van der Waals surface area (Å²) in [5, 5.41) is 69.0. The van der Waals surface area contributed by atoms with E-state index in [1.165, 1.54) is 12.2 Å². The molecule has 3 aliphatic rings. The molecule has 0 amide bonds. The molecule has 10 heteroatoms. The average molecular weight is 362 g/mol. The normalized spacial score (nSPS) is 49.5. The predicted octanol–water partition coefficient (Wildman–Crippen LogP) is -3.69. The van der Waals surface area contributed by atoms with Crippen LogP contribution < -0.4 is 0 Å². The summed E-state index contributed by atoms with van der Waals surface area (Å²) in [6, 6.07) is 0. The molecule has 1 aliphatic carbocycles. The van der Waals surface area contributed by atoms with Crippen molar-refractivity contribution in [3.63, 3.8) is 0 Å². The fraction of sp³-hybridized carbons (Fsp3) is 0.733. The number of aliphatic hydroxyl groups is 7. The highest BCUT2D eigenvalue weighted by molar-refractivity contribution is 5.33. The highest BCUT2D eigenvalue weighted by Crippen LogP contribution is 2.43. The van der Waals surface area contributed by atoms with Crippen LogP contribution in [0.3, 0.4) is 0 Å². The van der Waals surface area contributed by atoms with E-state index in [1.807, 2.05) is 0 Å². The van der Waals surface area contributed by atoms with E-state index in [1.54, 1.807) is 0 Å². The smallest absolute Gasteiger partial charge is 0.211 e. The van der Waals surface area contributed by atoms with E-state index in [4.69, 9.17) is 14.2 Å². The molecule has 3 rings (SSSR count). The molecule has 2 aliphatic heterocycles. The molecule has 9 unspecified atom stereocenters. The molecule has 2 heterocycles. The summed E-state index contributed by atoms with van der Waals surface area (Å²) in [4.78, 5) is 0. The fourth-order valence-corrected chi connectivity index (χ4v) is 3.39. The SMILES string of the molecule is OCC1=CC(O)C2(O)C=COC(OC3OC(CO)C(O)C(O)C3O)C12. The van der Waals surface area contributed by atoms with Gasteiger partial charge in [-0.2, -0.15) is 0 Å². The Kier molecular flexibility index (Phi) is 5.17. The van der Waals surface area contributed by atoms with Crippen molar-refractivity contribution in [2.24, 2.45) is 5.92 Å². The highest BCUT2D eigenvalue weighted by Gasteiger charge is 2.55. The second-order valence-electron chi connectivity index (χ2n) is 6.35. The van der Waals surface area contributed by atoms with Gasteiger partial charge in [-0.1, -0.05) is 6.08 Å². The van der Waals surface area contributed by atoms with E-state index in [2.05, 4.69) is 0 Å². The third kappa shape index (κ3) is 2.99. The van der Waals surface area contributed by atoms with Crippen molar-refractivity contribution >= 4 is 0 Å². The Labute approximate surface area is 142 Å². The first-order valence-electron chi connectivity index (χ1n) is 7.84. The van der Waals surface area contributed by atoms with Gasteiger partial charge in [-0.15, -0.1) is 0 Å². The first kappa shape index (κ1) is 18.7. The third-order valence-electron chi connectivity index (χ3n) is 4.86. The molecule has 0 saturated carbocycles. The Balaban J connectivity index is 1.80. The summed E-state index contributed by atoms with van der Waals surface area (Å²) in [5.74, 6) is -0.982. The number of rotatable bonds is 4. The monoisotopic (exact) mass is 362 g/mol. The lowest BCUT2D eigenvalue weighted by Crippen LogP contribution is -2.61. The molecular formula is C15H22O10. The summed E-state index contributed by atoms with van der Waals surface area (Å²) in [6.07, 6.45) is -6.37. The molecule has 0 aromatic carbocycles. The molecule has 0 bridgehead atoms. The molecule has 0 spiro atoms. The number of fused-ring (bicyclic) bond motifs is 1. The largest absolute Gasteiger partial charge is 0.472 e. The lowest BCUT2D eigenvalue weighted by Gasteiger charge is -2.44. The third-order valence-corrected chi connectivity index (χ3v) is 4.86. The topological polar surface area (TPSA) is 169 Å². The molecule has 0 aromatic heterocycles. The number of hydrogen-bond donors (Lipinski definition) is 7. The van der Waals surface area contributed by atoms with Crippen LogP contribution in [0.2, 0.25) is 0 Å². The number of aliphatic hydroxyl groups excluding tert-OH is 6. The van der Waals surface area contributed by atoms with Crippen molar-refractivity contribution < 1.29 is 50.0 Å². The summed E-state index contributed by atoms with van der Waals surface area (Å²) < 4.78 is 16.0. The van der Waals surface area contributed by atoms with Gasteiger partial charge in [0.25, 0.3) is 0 Å². The van der Waals surface area contributed by atoms with Crippen molar-refractivity contribution in [1.29, 1.82) is 0 Å². The van der Waals surface area contributed by atoms with Crippen molar-refractivity contribution in [3.05, 3.63) is 24.0 Å². The standard InChI is InChI=1S/C15H22O10/c16-4-6-3-8(18)15(22)1-2-23-13(9(6)15)25-14-12(21)11(20)10(19)7(5-17)24-14/h1-3,7-14,16-22H,4-5H2. The van der Waals surface area contributed by atoms with E-state index < -0.39 is 67.8 Å². The van der Waals surface area contributed by atoms with Crippen LogP contribution in [0.1, 0.15) is 0 Å². The molecule has 1 saturated heterocycles. The van der Waals surface area contributed by atoms with Crippen molar-refractivity contribution in [2.75, 3.05) is 13.2 Å². The molecule has 25 heavy (non-hydrogen) atoms. The van der Waals surface area contributed by atoms with Gasteiger partial charge in [-0.05, 0) is 11.6 Å². The van der Waals surface area contributed by atoms with Crippen LogP contribution in [-0.4, -0.2) is 97.7 Å². The van der Waals surface area contributed by atoms with Crippen LogP contribution in [0.5, 0.6) is 0 Å². The van der Waals surface area contributed by atoms with E-state index >= 15 is 0 Å². The molecule has 9 atom stereocenters. The van der Waals surface area contributed by atoms with Crippen molar-refractivity contribution in [3.8, 4) is 0 Å². The highest BCUT2D eigenvalue weighted by atomic mass is 16.8. The predicted molar refractivity (Wildman–Crippen MR) is 78.5 cm³/mol. The van der Waals surface area contributed by atoms with Crippen LogP contribution in [0, 0.1) is 5.92 Å². The Hall–Kier alpha value is -1.08. The van der Waals surface area contributed by atoms with Crippen LogP contribution in [0.4, 0.5) is 0 Å². The summed E-state index contributed by atoms with van der Waals surface area (Å²) >= 11 is 0. The molecule has 0 radical (unpaired) electrons. The zero-order valence-electron chi connectivity index (χ0n) is 13.1. The first-order valence-corrected chi connectivity index (χ1v) is 7.84. The Morgan fingerprint density at radius 1 is 1.04 bits per heavy atom. The maximum atomic E-state index is 10.6. The van der Waals surface area contributed by atoms with Gasteiger partial charge in [-0.3, -0.25) is 0 Å². The minimum atomic E-state index is -1.77. The Bertz CT molecular complexity index is 548. The first-order chi connectivity index (χ1) is 11.8. The quantitative estimate of drug-likeness (QED) is 0.247. The van der Waals surface area contributed by atoms with Gasteiger partial charge in [0, 0.05) is 0 Å². The van der Waals surface area contributed by atoms with Gasteiger partial charge < -0.3 is 50.0 Å². The van der Waals surface area contributed by atoms with Crippen molar-refractivity contribution in [2.45, 2.75) is 48.7 Å². The van der Waals surface area contributed by atoms with Gasteiger partial charge in [0.2, 0.25) is 6.29 Å². The van der Waals surface area contributed by atoms with Crippen LogP contribution in [0.15, 0.2) is 24.0 Å². The Morgan fingerprint density at radius 2 is 1.76 bits per heavy atom. The lowest BCUT2D eigenvalue weighted by atomic mass is 9.83. The minimum Gasteiger partial charge on any atom is -0.472 e. The maximum Gasteiger partial charge on any atom is 0.211 e. The molecule has 0 aromatic rings. The van der Waals surface area contributed by atoms with E-state index in [-0.39, 0.29) is 5.57 Å². The zero-order valence-corrected chi connectivity index (χ0v) is 13.1.